The lowest BCUT2D eigenvalue weighted by molar-refractivity contribution is 1.12. The van der Waals surface area contributed by atoms with E-state index in [0.29, 0.717) is 0 Å². The van der Waals surface area contributed by atoms with Crippen LogP contribution in [0.2, 0.25) is 0 Å². The smallest absolute Gasteiger partial charge is 0.0146 e. The van der Waals surface area contributed by atoms with Crippen molar-refractivity contribution in [3.05, 3.63) is 34.9 Å². The van der Waals surface area contributed by atoms with Crippen LogP contribution in [0.3, 0.4) is 0 Å². The van der Waals surface area contributed by atoms with Gasteiger partial charge in [0.15, 0.2) is 0 Å². The van der Waals surface area contributed by atoms with Crippen LogP contribution in [0.25, 0.3) is 0 Å². The van der Waals surface area contributed by atoms with Crippen LogP contribution >= 0.6 is 0 Å². The molecule has 1 radical (unpaired) electrons. The van der Waals surface area contributed by atoms with Gasteiger partial charge in [0.1, 0.15) is 0 Å². The van der Waals surface area contributed by atoms with Gasteiger partial charge in [-0.25, -0.2) is 0 Å². The molecule has 10 heavy (non-hydrogen) atoms. The summed E-state index contributed by atoms with van der Waals surface area (Å²) < 4.78 is 0. The lowest BCUT2D eigenvalue weighted by atomic mass is 10.1. The molecular weight excluding hydrogens is 120 g/mol. The molecule has 0 heteroatoms. The highest BCUT2D eigenvalue weighted by Crippen LogP contribution is 2.08. The Kier molecular flexibility index (Phi) is 2.10. The summed E-state index contributed by atoms with van der Waals surface area (Å²) in [5, 5.41) is 0. The van der Waals surface area contributed by atoms with Gasteiger partial charge < -0.3 is 0 Å². The summed E-state index contributed by atoms with van der Waals surface area (Å²) in [5.74, 6) is 0. The third-order valence-corrected chi connectivity index (χ3v) is 1.88. The molecule has 0 heterocycles. The third kappa shape index (κ3) is 1.38. The molecule has 0 nitrogen and oxygen atoms in total. The van der Waals surface area contributed by atoms with Crippen LogP contribution in [-0.2, 0) is 6.42 Å². The van der Waals surface area contributed by atoms with E-state index in [1.165, 1.54) is 16.7 Å². The summed E-state index contributed by atoms with van der Waals surface area (Å²) in [6.07, 6.45) is 1.11. The van der Waals surface area contributed by atoms with E-state index < -0.39 is 0 Å². The molecule has 0 N–H and O–H groups in total. The van der Waals surface area contributed by atoms with Crippen molar-refractivity contribution < 1.29 is 0 Å². The molecule has 0 aliphatic rings. The van der Waals surface area contributed by atoms with Crippen LogP contribution in [0.1, 0.15) is 23.6 Å². The minimum Gasteiger partial charge on any atom is -0.0613 e. The molecule has 0 spiro atoms. The van der Waals surface area contributed by atoms with Gasteiger partial charge in [0, 0.05) is 0 Å². The van der Waals surface area contributed by atoms with E-state index in [-0.39, 0.29) is 0 Å². The molecule has 0 fully saturated rings. The number of hydrogen-bond acceptors (Lipinski definition) is 0. The molecule has 0 saturated heterocycles. The fourth-order valence-electron chi connectivity index (χ4n) is 0.947. The predicted molar refractivity (Wildman–Crippen MR) is 44.1 cm³/mol. The molecule has 1 rings (SSSR count). The van der Waals surface area contributed by atoms with Gasteiger partial charge in [0.2, 0.25) is 0 Å². The van der Waals surface area contributed by atoms with E-state index in [2.05, 4.69) is 39.0 Å². The van der Waals surface area contributed by atoms with Gasteiger partial charge in [-0.05, 0) is 43.0 Å². The molecule has 0 atom stereocenters. The van der Waals surface area contributed by atoms with E-state index in [4.69, 9.17) is 0 Å². The monoisotopic (exact) mass is 133 g/mol. The number of benzene rings is 1. The SMILES string of the molecule is CCc1c[c]c(C)c(C)c1. The standard InChI is InChI=1S/C10H13/c1-4-10-6-5-8(2)9(3)7-10/h6-7H,4H2,1-3H3. The second-order valence-corrected chi connectivity index (χ2v) is 2.67. The van der Waals surface area contributed by atoms with E-state index in [1.54, 1.807) is 0 Å². The Morgan fingerprint density at radius 2 is 2.10 bits per heavy atom. The highest BCUT2D eigenvalue weighted by atomic mass is 14.0. The van der Waals surface area contributed by atoms with Crippen LogP contribution in [0.5, 0.6) is 0 Å². The molecule has 0 unspecified atom stereocenters. The summed E-state index contributed by atoms with van der Waals surface area (Å²) in [4.78, 5) is 0. The normalized spacial score (nSPS) is 9.90. The van der Waals surface area contributed by atoms with E-state index in [9.17, 15) is 0 Å². The van der Waals surface area contributed by atoms with E-state index in [1.807, 2.05) is 0 Å². The lowest BCUT2D eigenvalue weighted by Crippen LogP contribution is -1.84. The zero-order valence-electron chi connectivity index (χ0n) is 6.86. The maximum Gasteiger partial charge on any atom is -0.0146 e. The molecule has 0 bridgehead atoms. The molecule has 1 aromatic rings. The quantitative estimate of drug-likeness (QED) is 0.552. The van der Waals surface area contributed by atoms with Crippen LogP contribution in [0, 0.1) is 19.9 Å². The average molecular weight is 133 g/mol. The minimum absolute atomic E-state index is 1.11. The maximum absolute atomic E-state index is 3.22. The Balaban J connectivity index is 3.04. The Bertz CT molecular complexity index is 223. The summed E-state index contributed by atoms with van der Waals surface area (Å²) in [6, 6.07) is 7.52. The van der Waals surface area contributed by atoms with Gasteiger partial charge >= 0.3 is 0 Å². The fraction of sp³-hybridized carbons (Fsp3) is 0.400. The van der Waals surface area contributed by atoms with Crippen molar-refractivity contribution in [2.24, 2.45) is 0 Å². The molecule has 0 aliphatic carbocycles. The first kappa shape index (κ1) is 7.33. The Morgan fingerprint density at radius 1 is 1.40 bits per heavy atom. The Hall–Kier alpha value is -0.780. The molecule has 0 aromatic heterocycles. The van der Waals surface area contributed by atoms with Crippen molar-refractivity contribution in [2.75, 3.05) is 0 Å². The van der Waals surface area contributed by atoms with Crippen LogP contribution < -0.4 is 0 Å². The van der Waals surface area contributed by atoms with Gasteiger partial charge in [-0.3, -0.25) is 0 Å². The Morgan fingerprint density at radius 3 is 2.60 bits per heavy atom. The highest BCUT2D eigenvalue weighted by molar-refractivity contribution is 5.28. The molecule has 0 saturated carbocycles. The first-order valence-electron chi connectivity index (χ1n) is 3.72. The summed E-state index contributed by atoms with van der Waals surface area (Å²) in [6.45, 7) is 6.39. The molecule has 0 amide bonds. The van der Waals surface area contributed by atoms with Gasteiger partial charge in [-0.2, -0.15) is 0 Å². The highest BCUT2D eigenvalue weighted by Gasteiger charge is 1.92. The molecule has 53 valence electrons. The van der Waals surface area contributed by atoms with Gasteiger partial charge in [0.05, 0.1) is 0 Å². The van der Waals surface area contributed by atoms with Crippen molar-refractivity contribution in [3.8, 4) is 0 Å². The van der Waals surface area contributed by atoms with Crippen molar-refractivity contribution >= 4 is 0 Å². The third-order valence-electron chi connectivity index (χ3n) is 1.88. The van der Waals surface area contributed by atoms with Crippen LogP contribution in [-0.4, -0.2) is 0 Å². The van der Waals surface area contributed by atoms with Crippen molar-refractivity contribution in [1.82, 2.24) is 0 Å². The topological polar surface area (TPSA) is 0 Å². The average Bonchev–Trinajstić information content (AvgIpc) is 1.95. The predicted octanol–water partition coefficient (Wildman–Crippen LogP) is 2.67. The second-order valence-electron chi connectivity index (χ2n) is 2.67. The molecular formula is C10H13. The first-order valence-corrected chi connectivity index (χ1v) is 3.72. The number of hydrogen-bond donors (Lipinski definition) is 0. The van der Waals surface area contributed by atoms with Crippen LogP contribution in [0.15, 0.2) is 12.1 Å². The number of aryl methyl sites for hydroxylation is 3. The summed E-state index contributed by atoms with van der Waals surface area (Å²) in [7, 11) is 0. The lowest BCUT2D eigenvalue weighted by Gasteiger charge is -2.00. The van der Waals surface area contributed by atoms with Crippen molar-refractivity contribution in [3.63, 3.8) is 0 Å². The molecule has 1 aromatic carbocycles. The minimum atomic E-state index is 1.11. The zero-order chi connectivity index (χ0) is 7.56. The second kappa shape index (κ2) is 2.87. The van der Waals surface area contributed by atoms with Gasteiger partial charge in [0.25, 0.3) is 0 Å². The van der Waals surface area contributed by atoms with Crippen molar-refractivity contribution in [2.45, 2.75) is 27.2 Å². The van der Waals surface area contributed by atoms with E-state index >= 15 is 0 Å². The van der Waals surface area contributed by atoms with Gasteiger partial charge in [-0.15, -0.1) is 0 Å². The zero-order valence-corrected chi connectivity index (χ0v) is 6.86. The van der Waals surface area contributed by atoms with E-state index in [0.717, 1.165) is 6.42 Å². The first-order chi connectivity index (χ1) is 4.74. The molecule has 0 aliphatic heterocycles. The van der Waals surface area contributed by atoms with Crippen molar-refractivity contribution in [1.29, 1.82) is 0 Å². The van der Waals surface area contributed by atoms with Gasteiger partial charge in [-0.1, -0.05) is 19.1 Å². The fourth-order valence-corrected chi connectivity index (χ4v) is 0.947. The van der Waals surface area contributed by atoms with Crippen LogP contribution in [0.4, 0.5) is 0 Å². The maximum atomic E-state index is 3.22. The number of rotatable bonds is 1. The summed E-state index contributed by atoms with van der Waals surface area (Å²) in [5.41, 5.74) is 3.99. The summed E-state index contributed by atoms with van der Waals surface area (Å²) >= 11 is 0. The largest absolute Gasteiger partial charge is 0.0613 e. The Labute approximate surface area is 62.9 Å².